The molecular formula is C14H20N2O2. The Hall–Kier alpha value is -1.71. The number of anilines is 2. The van der Waals surface area contributed by atoms with Crippen molar-refractivity contribution in [3.63, 3.8) is 0 Å². The fourth-order valence-corrected chi connectivity index (χ4v) is 2.35. The largest absolute Gasteiger partial charge is 0.478 e. The van der Waals surface area contributed by atoms with Gasteiger partial charge in [0.15, 0.2) is 0 Å². The van der Waals surface area contributed by atoms with Crippen LogP contribution in [-0.4, -0.2) is 17.6 Å². The fourth-order valence-electron chi connectivity index (χ4n) is 2.35. The van der Waals surface area contributed by atoms with Crippen molar-refractivity contribution in [2.45, 2.75) is 32.6 Å². The Bertz CT molecular complexity index is 453. The summed E-state index contributed by atoms with van der Waals surface area (Å²) in [6.45, 7) is 3.08. The van der Waals surface area contributed by atoms with E-state index < -0.39 is 5.97 Å². The van der Waals surface area contributed by atoms with E-state index >= 15 is 0 Å². The highest BCUT2D eigenvalue weighted by atomic mass is 16.4. The first-order valence-corrected chi connectivity index (χ1v) is 6.43. The van der Waals surface area contributed by atoms with E-state index in [0.717, 1.165) is 12.2 Å². The number of benzene rings is 1. The van der Waals surface area contributed by atoms with Crippen LogP contribution in [-0.2, 0) is 0 Å². The number of nitrogens with one attached hydrogen (secondary N) is 1. The number of carbonyl (C=O) groups is 1. The Morgan fingerprint density at radius 3 is 2.78 bits per heavy atom. The number of aromatic carboxylic acids is 1. The molecule has 0 atom stereocenters. The highest BCUT2D eigenvalue weighted by Gasteiger charge is 2.41. The van der Waals surface area contributed by atoms with Crippen LogP contribution < -0.4 is 11.1 Å². The predicted octanol–water partition coefficient (Wildman–Crippen LogP) is 2.96. The highest BCUT2D eigenvalue weighted by molar-refractivity contribution is 5.90. The Labute approximate surface area is 107 Å². The summed E-state index contributed by atoms with van der Waals surface area (Å²) in [7, 11) is 0. The maximum atomic E-state index is 10.9. The zero-order chi connectivity index (χ0) is 13.2. The maximum absolute atomic E-state index is 10.9. The van der Waals surface area contributed by atoms with Crippen molar-refractivity contribution in [2.75, 3.05) is 17.6 Å². The highest BCUT2D eigenvalue weighted by Crippen LogP contribution is 2.49. The smallest absolute Gasteiger partial charge is 0.335 e. The minimum absolute atomic E-state index is 0.270. The quantitative estimate of drug-likeness (QED) is 0.676. The van der Waals surface area contributed by atoms with Gasteiger partial charge in [-0.3, -0.25) is 0 Å². The molecule has 1 aromatic carbocycles. The van der Waals surface area contributed by atoms with Gasteiger partial charge in [0, 0.05) is 6.54 Å². The van der Waals surface area contributed by atoms with E-state index in [1.807, 2.05) is 0 Å². The van der Waals surface area contributed by atoms with Crippen LogP contribution in [0.3, 0.4) is 0 Å². The summed E-state index contributed by atoms with van der Waals surface area (Å²) in [5.74, 6) is -0.923. The monoisotopic (exact) mass is 248 g/mol. The molecule has 0 unspecified atom stereocenters. The number of carboxylic acid groups (broad SMARTS) is 1. The molecule has 1 aromatic rings. The van der Waals surface area contributed by atoms with Crippen LogP contribution in [0, 0.1) is 5.41 Å². The van der Waals surface area contributed by atoms with Crippen molar-refractivity contribution in [1.29, 1.82) is 0 Å². The van der Waals surface area contributed by atoms with Crippen molar-refractivity contribution in [2.24, 2.45) is 5.41 Å². The van der Waals surface area contributed by atoms with Gasteiger partial charge in [0.25, 0.3) is 0 Å². The summed E-state index contributed by atoms with van der Waals surface area (Å²) in [4.78, 5) is 10.9. The number of carboxylic acids is 1. The molecule has 18 heavy (non-hydrogen) atoms. The molecule has 4 N–H and O–H groups in total. The summed E-state index contributed by atoms with van der Waals surface area (Å²) < 4.78 is 0. The van der Waals surface area contributed by atoms with Crippen LogP contribution in [0.1, 0.15) is 43.0 Å². The van der Waals surface area contributed by atoms with Gasteiger partial charge in [-0.1, -0.05) is 13.3 Å². The number of rotatable bonds is 6. The molecule has 0 spiro atoms. The zero-order valence-corrected chi connectivity index (χ0v) is 10.7. The molecule has 0 amide bonds. The molecule has 4 heteroatoms. The molecule has 4 nitrogen and oxygen atoms in total. The molecular weight excluding hydrogens is 228 g/mol. The number of nitrogen functional groups attached to an aromatic ring is 1. The van der Waals surface area contributed by atoms with Gasteiger partial charge < -0.3 is 16.2 Å². The van der Waals surface area contributed by atoms with E-state index in [9.17, 15) is 4.79 Å². The molecule has 1 aliphatic carbocycles. The van der Waals surface area contributed by atoms with E-state index in [2.05, 4.69) is 12.2 Å². The SMILES string of the molecule is CCCC1(CNc2cc(C(=O)O)ccc2N)CC1. The fraction of sp³-hybridized carbons (Fsp3) is 0.500. The van der Waals surface area contributed by atoms with Crippen LogP contribution in [0.5, 0.6) is 0 Å². The van der Waals surface area contributed by atoms with Crippen LogP contribution in [0.15, 0.2) is 18.2 Å². The van der Waals surface area contributed by atoms with Crippen molar-refractivity contribution >= 4 is 17.3 Å². The molecule has 2 rings (SSSR count). The van der Waals surface area contributed by atoms with Gasteiger partial charge in [-0.25, -0.2) is 4.79 Å². The number of nitrogens with two attached hydrogens (primary N) is 1. The van der Waals surface area contributed by atoms with Crippen LogP contribution >= 0.6 is 0 Å². The Kier molecular flexibility index (Phi) is 3.45. The van der Waals surface area contributed by atoms with Gasteiger partial charge in [-0.2, -0.15) is 0 Å². The van der Waals surface area contributed by atoms with Gasteiger partial charge in [0.1, 0.15) is 0 Å². The van der Waals surface area contributed by atoms with Crippen molar-refractivity contribution in [3.8, 4) is 0 Å². The van der Waals surface area contributed by atoms with E-state index in [0.29, 0.717) is 11.1 Å². The van der Waals surface area contributed by atoms with Crippen molar-refractivity contribution in [1.82, 2.24) is 0 Å². The van der Waals surface area contributed by atoms with Crippen LogP contribution in [0.4, 0.5) is 11.4 Å². The first-order chi connectivity index (χ1) is 8.56. The lowest BCUT2D eigenvalue weighted by molar-refractivity contribution is 0.0697. The number of hydrogen-bond donors (Lipinski definition) is 3. The molecule has 0 aromatic heterocycles. The minimum atomic E-state index is -0.923. The average molecular weight is 248 g/mol. The molecule has 0 saturated heterocycles. The van der Waals surface area contributed by atoms with Crippen LogP contribution in [0.25, 0.3) is 0 Å². The van der Waals surface area contributed by atoms with Crippen LogP contribution in [0.2, 0.25) is 0 Å². The van der Waals surface area contributed by atoms with Gasteiger partial charge in [-0.15, -0.1) is 0 Å². The van der Waals surface area contributed by atoms with E-state index in [1.54, 1.807) is 12.1 Å². The molecule has 0 radical (unpaired) electrons. The van der Waals surface area contributed by atoms with Crippen molar-refractivity contribution < 1.29 is 9.90 Å². The lowest BCUT2D eigenvalue weighted by Crippen LogP contribution is -2.16. The second-order valence-corrected chi connectivity index (χ2v) is 5.21. The molecule has 1 aliphatic rings. The van der Waals surface area contributed by atoms with Crippen molar-refractivity contribution in [3.05, 3.63) is 23.8 Å². The first-order valence-electron chi connectivity index (χ1n) is 6.43. The number of hydrogen-bond acceptors (Lipinski definition) is 3. The summed E-state index contributed by atoms with van der Waals surface area (Å²) in [6, 6.07) is 4.78. The molecule has 0 heterocycles. The van der Waals surface area contributed by atoms with Gasteiger partial charge in [0.05, 0.1) is 16.9 Å². The Balaban J connectivity index is 2.04. The molecule has 98 valence electrons. The summed E-state index contributed by atoms with van der Waals surface area (Å²) in [6.07, 6.45) is 4.92. The Morgan fingerprint density at radius 1 is 1.50 bits per heavy atom. The van der Waals surface area contributed by atoms with E-state index in [-0.39, 0.29) is 5.56 Å². The zero-order valence-electron chi connectivity index (χ0n) is 10.7. The molecule has 0 bridgehead atoms. The second-order valence-electron chi connectivity index (χ2n) is 5.21. The second kappa shape index (κ2) is 4.88. The maximum Gasteiger partial charge on any atom is 0.335 e. The average Bonchev–Trinajstić information content (AvgIpc) is 3.08. The third kappa shape index (κ3) is 2.75. The van der Waals surface area contributed by atoms with E-state index in [1.165, 1.54) is 31.7 Å². The van der Waals surface area contributed by atoms with E-state index in [4.69, 9.17) is 10.8 Å². The predicted molar refractivity (Wildman–Crippen MR) is 72.9 cm³/mol. The third-order valence-electron chi connectivity index (χ3n) is 3.69. The van der Waals surface area contributed by atoms with Gasteiger partial charge in [-0.05, 0) is 42.9 Å². The first kappa shape index (κ1) is 12.7. The summed E-state index contributed by atoms with van der Waals surface area (Å²) in [5.41, 5.74) is 7.88. The minimum Gasteiger partial charge on any atom is -0.478 e. The Morgan fingerprint density at radius 2 is 2.22 bits per heavy atom. The standard InChI is InChI=1S/C14H20N2O2/c1-2-5-14(6-7-14)9-16-12-8-10(13(17)18)3-4-11(12)15/h3-4,8,16H,2,5-7,9,15H2,1H3,(H,17,18). The molecule has 0 aliphatic heterocycles. The van der Waals surface area contributed by atoms with Gasteiger partial charge >= 0.3 is 5.97 Å². The summed E-state index contributed by atoms with van der Waals surface area (Å²) >= 11 is 0. The third-order valence-corrected chi connectivity index (χ3v) is 3.69. The molecule has 1 fully saturated rings. The lowest BCUT2D eigenvalue weighted by Gasteiger charge is -2.17. The topological polar surface area (TPSA) is 75.3 Å². The normalized spacial score (nSPS) is 16.3. The lowest BCUT2D eigenvalue weighted by atomic mass is 10.0. The summed E-state index contributed by atoms with van der Waals surface area (Å²) in [5, 5.41) is 12.3. The van der Waals surface area contributed by atoms with Gasteiger partial charge in [0.2, 0.25) is 0 Å². The molecule has 1 saturated carbocycles.